The van der Waals surface area contributed by atoms with Crippen LogP contribution >= 0.6 is 11.6 Å². The van der Waals surface area contributed by atoms with E-state index in [1.165, 1.54) is 22.4 Å². The van der Waals surface area contributed by atoms with E-state index in [9.17, 15) is 0 Å². The molecular formula is C19H18ClN. The van der Waals surface area contributed by atoms with Gasteiger partial charge in [-0.05, 0) is 42.5 Å². The minimum absolute atomic E-state index is 0.286. The van der Waals surface area contributed by atoms with Crippen LogP contribution in [0.4, 0.5) is 5.69 Å². The average molecular weight is 296 g/mol. The Morgan fingerprint density at radius 3 is 2.81 bits per heavy atom. The van der Waals surface area contributed by atoms with Crippen molar-refractivity contribution >= 4 is 17.3 Å². The van der Waals surface area contributed by atoms with Gasteiger partial charge in [0.05, 0.1) is 6.04 Å². The molecule has 3 atom stereocenters. The fraction of sp³-hybridized carbons (Fsp3) is 0.263. The van der Waals surface area contributed by atoms with Crippen molar-refractivity contribution in [2.24, 2.45) is 5.92 Å². The maximum atomic E-state index is 6.44. The molecule has 0 amide bonds. The van der Waals surface area contributed by atoms with Crippen molar-refractivity contribution in [3.63, 3.8) is 0 Å². The Morgan fingerprint density at radius 2 is 1.95 bits per heavy atom. The summed E-state index contributed by atoms with van der Waals surface area (Å²) >= 11 is 6.44. The molecule has 0 fully saturated rings. The van der Waals surface area contributed by atoms with Gasteiger partial charge in [0.2, 0.25) is 0 Å². The average Bonchev–Trinajstić information content (AvgIpc) is 2.97. The molecule has 0 spiro atoms. The first-order valence-electron chi connectivity index (χ1n) is 7.52. The number of nitrogens with one attached hydrogen (secondary N) is 1. The zero-order valence-corrected chi connectivity index (χ0v) is 12.8. The summed E-state index contributed by atoms with van der Waals surface area (Å²) < 4.78 is 0. The Labute approximate surface area is 130 Å². The van der Waals surface area contributed by atoms with Crippen LogP contribution in [0.5, 0.6) is 0 Å². The third-order valence-electron chi connectivity index (χ3n) is 4.76. The second-order valence-electron chi connectivity index (χ2n) is 6.09. The lowest BCUT2D eigenvalue weighted by Gasteiger charge is -2.38. The molecule has 2 aliphatic rings. The lowest BCUT2D eigenvalue weighted by atomic mass is 9.76. The Balaban J connectivity index is 1.82. The number of allylic oxidation sites excluding steroid dienone is 2. The number of halogens is 1. The van der Waals surface area contributed by atoms with Gasteiger partial charge in [-0.3, -0.25) is 0 Å². The van der Waals surface area contributed by atoms with E-state index >= 15 is 0 Å². The van der Waals surface area contributed by atoms with Gasteiger partial charge in [-0.2, -0.15) is 0 Å². The molecule has 1 N–H and O–H groups in total. The van der Waals surface area contributed by atoms with Crippen LogP contribution < -0.4 is 5.32 Å². The Bertz CT molecular complexity index is 719. The third-order valence-corrected chi connectivity index (χ3v) is 5.10. The van der Waals surface area contributed by atoms with E-state index in [0.717, 1.165) is 11.4 Å². The number of rotatable bonds is 1. The molecule has 2 aromatic rings. The summed E-state index contributed by atoms with van der Waals surface area (Å²) in [5.41, 5.74) is 5.21. The minimum Gasteiger partial charge on any atom is -0.378 e. The van der Waals surface area contributed by atoms with Crippen molar-refractivity contribution in [1.82, 2.24) is 0 Å². The molecule has 21 heavy (non-hydrogen) atoms. The molecule has 4 rings (SSSR count). The van der Waals surface area contributed by atoms with Gasteiger partial charge in [-0.15, -0.1) is 0 Å². The van der Waals surface area contributed by atoms with Crippen molar-refractivity contribution in [2.75, 3.05) is 5.32 Å². The number of benzene rings is 2. The largest absolute Gasteiger partial charge is 0.378 e. The molecule has 0 unspecified atom stereocenters. The fourth-order valence-electron chi connectivity index (χ4n) is 3.75. The summed E-state index contributed by atoms with van der Waals surface area (Å²) in [4.78, 5) is 0. The van der Waals surface area contributed by atoms with Crippen molar-refractivity contribution in [3.05, 3.63) is 76.3 Å². The third kappa shape index (κ3) is 2.08. The zero-order chi connectivity index (χ0) is 14.4. The predicted molar refractivity (Wildman–Crippen MR) is 89.0 cm³/mol. The van der Waals surface area contributed by atoms with E-state index in [0.29, 0.717) is 11.8 Å². The number of hydrogen-bond acceptors (Lipinski definition) is 1. The van der Waals surface area contributed by atoms with Crippen molar-refractivity contribution in [1.29, 1.82) is 0 Å². The maximum absolute atomic E-state index is 6.44. The van der Waals surface area contributed by atoms with Crippen LogP contribution in [-0.2, 0) is 0 Å². The zero-order valence-electron chi connectivity index (χ0n) is 12.0. The monoisotopic (exact) mass is 295 g/mol. The van der Waals surface area contributed by atoms with Gasteiger partial charge in [0.15, 0.2) is 0 Å². The van der Waals surface area contributed by atoms with Crippen LogP contribution in [0.15, 0.2) is 54.6 Å². The number of fused-ring (bicyclic) bond motifs is 3. The molecule has 1 nitrogen and oxygen atoms in total. The second kappa shape index (κ2) is 4.92. The first kappa shape index (κ1) is 13.0. The molecule has 106 valence electrons. The van der Waals surface area contributed by atoms with Gasteiger partial charge < -0.3 is 5.32 Å². The lowest BCUT2D eigenvalue weighted by Crippen LogP contribution is -2.29. The van der Waals surface area contributed by atoms with E-state index in [2.05, 4.69) is 54.7 Å². The van der Waals surface area contributed by atoms with Crippen molar-refractivity contribution in [3.8, 4) is 0 Å². The maximum Gasteiger partial charge on any atom is 0.0568 e. The molecule has 0 saturated carbocycles. The first-order chi connectivity index (χ1) is 10.2. The summed E-state index contributed by atoms with van der Waals surface area (Å²) in [6, 6.07) is 15.2. The van der Waals surface area contributed by atoms with Crippen LogP contribution in [0.25, 0.3) is 0 Å². The highest BCUT2D eigenvalue weighted by molar-refractivity contribution is 6.31. The lowest BCUT2D eigenvalue weighted by molar-refractivity contribution is 0.425. The number of aryl methyl sites for hydroxylation is 1. The second-order valence-corrected chi connectivity index (χ2v) is 6.49. The van der Waals surface area contributed by atoms with Gasteiger partial charge in [0.25, 0.3) is 0 Å². The summed E-state index contributed by atoms with van der Waals surface area (Å²) in [6.07, 6.45) is 5.80. The smallest absolute Gasteiger partial charge is 0.0568 e. The number of hydrogen-bond donors (Lipinski definition) is 1. The normalized spacial score (nSPS) is 26.1. The standard InChI is InChI=1S/C19H18ClN/c1-12-9-10-18-16(11-12)13-6-4-7-14(13)19(21-18)15-5-2-3-8-17(15)20/h2-6,8-11,13-14,19,21H,7H2,1H3/t13-,14-,19+/m0/s1. The highest BCUT2D eigenvalue weighted by atomic mass is 35.5. The van der Waals surface area contributed by atoms with Gasteiger partial charge in [0.1, 0.15) is 0 Å². The molecule has 2 heteroatoms. The van der Waals surface area contributed by atoms with Crippen LogP contribution in [0.1, 0.15) is 35.1 Å². The summed E-state index contributed by atoms with van der Waals surface area (Å²) in [5, 5.41) is 4.59. The molecule has 2 aromatic carbocycles. The summed E-state index contributed by atoms with van der Waals surface area (Å²) in [5.74, 6) is 1.06. The summed E-state index contributed by atoms with van der Waals surface area (Å²) in [6.45, 7) is 2.16. The Morgan fingerprint density at radius 1 is 1.10 bits per heavy atom. The van der Waals surface area contributed by atoms with E-state index in [-0.39, 0.29) is 6.04 Å². The van der Waals surface area contributed by atoms with Gasteiger partial charge in [-0.25, -0.2) is 0 Å². The van der Waals surface area contributed by atoms with Crippen LogP contribution in [0.2, 0.25) is 5.02 Å². The SMILES string of the molecule is Cc1ccc2c(c1)[C@H]1C=CC[C@@H]1[C@H](c1ccccc1Cl)N2. The van der Waals surface area contributed by atoms with Crippen LogP contribution in [0.3, 0.4) is 0 Å². The van der Waals surface area contributed by atoms with Gasteiger partial charge in [0, 0.05) is 16.6 Å². The van der Waals surface area contributed by atoms with E-state index in [4.69, 9.17) is 11.6 Å². The first-order valence-corrected chi connectivity index (χ1v) is 7.90. The molecular weight excluding hydrogens is 278 g/mol. The van der Waals surface area contributed by atoms with Crippen molar-refractivity contribution in [2.45, 2.75) is 25.3 Å². The quantitative estimate of drug-likeness (QED) is 0.687. The van der Waals surface area contributed by atoms with Crippen LogP contribution in [-0.4, -0.2) is 0 Å². The fourth-order valence-corrected chi connectivity index (χ4v) is 4.00. The molecule has 0 aromatic heterocycles. The highest BCUT2D eigenvalue weighted by Gasteiger charge is 2.38. The molecule has 0 radical (unpaired) electrons. The van der Waals surface area contributed by atoms with Gasteiger partial charge in [-0.1, -0.05) is 59.6 Å². The minimum atomic E-state index is 0.286. The number of anilines is 1. The van der Waals surface area contributed by atoms with Crippen LogP contribution in [0, 0.1) is 12.8 Å². The molecule has 0 saturated heterocycles. The Hall–Kier alpha value is -1.73. The van der Waals surface area contributed by atoms with Gasteiger partial charge >= 0.3 is 0 Å². The van der Waals surface area contributed by atoms with Crippen molar-refractivity contribution < 1.29 is 0 Å². The van der Waals surface area contributed by atoms with E-state index in [1.807, 2.05) is 12.1 Å². The molecule has 0 bridgehead atoms. The summed E-state index contributed by atoms with van der Waals surface area (Å²) in [7, 11) is 0. The molecule has 1 heterocycles. The van der Waals surface area contributed by atoms with E-state index < -0.39 is 0 Å². The predicted octanol–water partition coefficient (Wildman–Crippen LogP) is 5.47. The molecule has 1 aliphatic carbocycles. The Kier molecular flexibility index (Phi) is 3.04. The highest BCUT2D eigenvalue weighted by Crippen LogP contribution is 2.50. The van der Waals surface area contributed by atoms with E-state index in [1.54, 1.807) is 0 Å². The topological polar surface area (TPSA) is 12.0 Å². The molecule has 1 aliphatic heterocycles.